The number of esters is 2. The average Bonchev–Trinajstić information content (AvgIpc) is 2.98. The van der Waals surface area contributed by atoms with Gasteiger partial charge in [-0.15, -0.1) is 13.2 Å². The lowest BCUT2D eigenvalue weighted by atomic mass is 9.80. The third kappa shape index (κ3) is 7.78. The molecule has 2 aromatic carbocycles. The van der Waals surface area contributed by atoms with E-state index in [0.29, 0.717) is 74.4 Å². The van der Waals surface area contributed by atoms with Gasteiger partial charge in [0.25, 0.3) is 0 Å². The number of ether oxygens (including phenoxy) is 3. The summed E-state index contributed by atoms with van der Waals surface area (Å²) in [6.07, 6.45) is 5.66. The maximum absolute atomic E-state index is 13.8. The molecule has 0 radical (unpaired) electrons. The molecule has 0 spiro atoms. The van der Waals surface area contributed by atoms with Crippen LogP contribution in [-0.4, -0.2) is 24.3 Å². The lowest BCUT2D eigenvalue weighted by Crippen LogP contribution is -2.28. The summed E-state index contributed by atoms with van der Waals surface area (Å²) in [5.41, 5.74) is 0. The van der Waals surface area contributed by atoms with Gasteiger partial charge in [-0.25, -0.2) is 8.78 Å². The van der Waals surface area contributed by atoms with Crippen molar-refractivity contribution in [3.05, 3.63) is 73.8 Å². The number of carbonyl (C=O) groups excluding carboxylic acids is 2. The number of allylic oxidation sites excluding steroid dienone is 2. The van der Waals surface area contributed by atoms with Crippen LogP contribution in [0.3, 0.4) is 0 Å². The van der Waals surface area contributed by atoms with Crippen LogP contribution >= 0.6 is 0 Å². The third-order valence-electron chi connectivity index (χ3n) is 7.88. The smallest absolute Gasteiger partial charge is 0.314 e. The molecule has 0 aliphatic heterocycles. The molecule has 208 valence electrons. The fourth-order valence-electron chi connectivity index (χ4n) is 5.42. The summed E-state index contributed by atoms with van der Waals surface area (Å²) < 4.78 is 44.5. The van der Waals surface area contributed by atoms with Crippen molar-refractivity contribution in [1.82, 2.24) is 0 Å². The Labute approximate surface area is 228 Å². The molecule has 4 rings (SSSR count). The monoisotopic (exact) mass is 538 g/mol. The van der Waals surface area contributed by atoms with Crippen LogP contribution in [0.15, 0.2) is 73.8 Å². The minimum absolute atomic E-state index is 0.0664. The Morgan fingerprint density at radius 3 is 1.23 bits per heavy atom. The van der Waals surface area contributed by atoms with Crippen LogP contribution in [-0.2, 0) is 9.59 Å². The molecule has 2 aromatic rings. The molecule has 0 saturated heterocycles. The topological polar surface area (TPSA) is 61.8 Å². The first-order valence-corrected chi connectivity index (χ1v) is 13.7. The summed E-state index contributed by atoms with van der Waals surface area (Å²) in [5.74, 6) is 0.787. The molecule has 2 unspecified atom stereocenters. The number of alkyl halides is 2. The van der Waals surface area contributed by atoms with Crippen LogP contribution < -0.4 is 14.2 Å². The minimum Gasteiger partial charge on any atom is -0.457 e. The van der Waals surface area contributed by atoms with Crippen LogP contribution in [0.2, 0.25) is 0 Å². The van der Waals surface area contributed by atoms with Gasteiger partial charge in [-0.2, -0.15) is 0 Å². The first-order chi connectivity index (χ1) is 18.9. The molecule has 39 heavy (non-hydrogen) atoms. The van der Waals surface area contributed by atoms with Gasteiger partial charge < -0.3 is 14.2 Å². The predicted molar refractivity (Wildman–Crippen MR) is 145 cm³/mol. The summed E-state index contributed by atoms with van der Waals surface area (Å²) in [7, 11) is 0. The predicted octanol–water partition coefficient (Wildman–Crippen LogP) is 7.95. The third-order valence-corrected chi connectivity index (χ3v) is 7.88. The fourth-order valence-corrected chi connectivity index (χ4v) is 5.42. The van der Waals surface area contributed by atoms with E-state index in [1.54, 1.807) is 48.5 Å². The maximum Gasteiger partial charge on any atom is 0.314 e. The zero-order chi connectivity index (χ0) is 27.8. The Morgan fingerprint density at radius 1 is 0.615 bits per heavy atom. The summed E-state index contributed by atoms with van der Waals surface area (Å²) in [5, 5.41) is 0. The van der Waals surface area contributed by atoms with Crippen molar-refractivity contribution in [1.29, 1.82) is 0 Å². The van der Waals surface area contributed by atoms with E-state index in [1.807, 2.05) is 0 Å². The molecular weight excluding hydrogens is 502 g/mol. The van der Waals surface area contributed by atoms with E-state index in [4.69, 9.17) is 14.2 Å². The van der Waals surface area contributed by atoms with Gasteiger partial charge >= 0.3 is 11.9 Å². The van der Waals surface area contributed by atoms with Crippen LogP contribution in [0.25, 0.3) is 0 Å². The number of carbonyl (C=O) groups is 2. The molecule has 0 N–H and O–H groups in total. The highest BCUT2D eigenvalue weighted by molar-refractivity contribution is 5.75. The Morgan fingerprint density at radius 2 is 0.923 bits per heavy atom. The van der Waals surface area contributed by atoms with Crippen molar-refractivity contribution in [2.45, 2.75) is 63.7 Å². The highest BCUT2D eigenvalue weighted by Gasteiger charge is 2.32. The molecule has 2 aliphatic carbocycles. The van der Waals surface area contributed by atoms with Gasteiger partial charge in [0.05, 0.1) is 11.8 Å². The summed E-state index contributed by atoms with van der Waals surface area (Å²) >= 11 is 0. The van der Waals surface area contributed by atoms with Gasteiger partial charge in [0.2, 0.25) is 0 Å². The molecular formula is C32H36F2O5. The number of rotatable bonds is 10. The van der Waals surface area contributed by atoms with E-state index in [1.165, 1.54) is 12.2 Å². The van der Waals surface area contributed by atoms with E-state index in [2.05, 4.69) is 13.2 Å². The molecule has 2 atom stereocenters. The summed E-state index contributed by atoms with van der Waals surface area (Å²) in [4.78, 5) is 25.1. The summed E-state index contributed by atoms with van der Waals surface area (Å²) in [6, 6.07) is 13.5. The van der Waals surface area contributed by atoms with Gasteiger partial charge in [-0.3, -0.25) is 9.59 Å². The first kappa shape index (κ1) is 28.5. The number of benzene rings is 2. The molecule has 7 heteroatoms. The second kappa shape index (κ2) is 13.5. The van der Waals surface area contributed by atoms with Crippen molar-refractivity contribution >= 4 is 11.9 Å². The number of halogens is 2. The van der Waals surface area contributed by atoms with Crippen LogP contribution in [0.5, 0.6) is 23.0 Å². The SMILES string of the molecule is C=CC(F)C1CCC(C(=O)Oc2ccc(Oc3ccc(OC(=O)C4CCC(C(F)C=C)CC4)cc3)cc2)CC1. The molecule has 5 nitrogen and oxygen atoms in total. The lowest BCUT2D eigenvalue weighted by molar-refractivity contribution is -0.141. The number of hydrogen-bond donors (Lipinski definition) is 0. The zero-order valence-electron chi connectivity index (χ0n) is 22.1. The molecule has 0 heterocycles. The van der Waals surface area contributed by atoms with E-state index in [0.717, 1.165) is 0 Å². The molecule has 2 fully saturated rings. The van der Waals surface area contributed by atoms with Gasteiger partial charge in [-0.05, 0) is 112 Å². The second-order valence-electron chi connectivity index (χ2n) is 10.5. The fraction of sp³-hybridized carbons (Fsp3) is 0.438. The molecule has 0 aromatic heterocycles. The van der Waals surface area contributed by atoms with Crippen LogP contribution in [0, 0.1) is 23.7 Å². The van der Waals surface area contributed by atoms with Gasteiger partial charge in [0.15, 0.2) is 0 Å². The molecule has 2 saturated carbocycles. The van der Waals surface area contributed by atoms with E-state index in [-0.39, 0.29) is 35.6 Å². The van der Waals surface area contributed by atoms with E-state index >= 15 is 0 Å². The normalized spacial score (nSPS) is 24.6. The summed E-state index contributed by atoms with van der Waals surface area (Å²) in [6.45, 7) is 7.02. The highest BCUT2D eigenvalue weighted by Crippen LogP contribution is 2.35. The Bertz CT molecular complexity index is 1020. The Balaban J connectivity index is 1.22. The molecule has 0 bridgehead atoms. The van der Waals surface area contributed by atoms with E-state index in [9.17, 15) is 18.4 Å². The van der Waals surface area contributed by atoms with Crippen molar-refractivity contribution in [3.63, 3.8) is 0 Å². The van der Waals surface area contributed by atoms with Crippen molar-refractivity contribution < 1.29 is 32.6 Å². The van der Waals surface area contributed by atoms with Gasteiger partial charge in [0.1, 0.15) is 35.3 Å². The molecule has 2 aliphatic rings. The second-order valence-corrected chi connectivity index (χ2v) is 10.5. The highest BCUT2D eigenvalue weighted by atomic mass is 19.1. The average molecular weight is 539 g/mol. The van der Waals surface area contributed by atoms with Gasteiger partial charge in [-0.1, -0.05) is 12.2 Å². The van der Waals surface area contributed by atoms with Crippen molar-refractivity contribution in [3.8, 4) is 23.0 Å². The lowest BCUT2D eigenvalue weighted by Gasteiger charge is -2.28. The van der Waals surface area contributed by atoms with Crippen molar-refractivity contribution in [2.75, 3.05) is 0 Å². The number of hydrogen-bond acceptors (Lipinski definition) is 5. The van der Waals surface area contributed by atoms with Crippen LogP contribution in [0.4, 0.5) is 8.78 Å². The van der Waals surface area contributed by atoms with Crippen LogP contribution in [0.1, 0.15) is 51.4 Å². The quantitative estimate of drug-likeness (QED) is 0.175. The minimum atomic E-state index is -1.02. The molecule has 0 amide bonds. The van der Waals surface area contributed by atoms with Gasteiger partial charge in [0, 0.05) is 0 Å². The maximum atomic E-state index is 13.8. The zero-order valence-corrected chi connectivity index (χ0v) is 22.1. The van der Waals surface area contributed by atoms with Crippen molar-refractivity contribution in [2.24, 2.45) is 23.7 Å². The first-order valence-electron chi connectivity index (χ1n) is 13.7. The largest absolute Gasteiger partial charge is 0.457 e. The Hall–Kier alpha value is -3.48. The van der Waals surface area contributed by atoms with E-state index < -0.39 is 12.3 Å². The standard InChI is InChI=1S/C32H36F2O5/c1-3-29(33)21-5-9-23(10-6-21)31(35)38-27-17-13-25(14-18-27)37-26-15-19-28(20-16-26)39-32(36)24-11-7-22(8-12-24)30(34)4-2/h3-4,13-24,29-30H,1-2,5-12H2. The Kier molecular flexibility index (Phi) is 9.90.